The van der Waals surface area contributed by atoms with E-state index in [1.54, 1.807) is 42.0 Å². The van der Waals surface area contributed by atoms with Crippen molar-refractivity contribution in [2.24, 2.45) is 7.05 Å². The molecule has 0 spiro atoms. The highest BCUT2D eigenvalue weighted by Gasteiger charge is 2.35. The topological polar surface area (TPSA) is 70.5 Å². The van der Waals surface area contributed by atoms with Gasteiger partial charge >= 0.3 is 0 Å². The Bertz CT molecular complexity index is 774. The third kappa shape index (κ3) is 3.47. The van der Waals surface area contributed by atoms with Crippen molar-refractivity contribution in [3.05, 3.63) is 48.0 Å². The zero-order valence-electron chi connectivity index (χ0n) is 14.1. The summed E-state index contributed by atoms with van der Waals surface area (Å²) in [4.78, 5) is 28.6. The second kappa shape index (κ2) is 6.92. The fraction of sp³-hybridized carbons (Fsp3) is 0.353. The van der Waals surface area contributed by atoms with Gasteiger partial charge in [-0.1, -0.05) is 0 Å². The first kappa shape index (κ1) is 16.9. The molecule has 2 aromatic rings. The maximum absolute atomic E-state index is 13.1. The monoisotopic (exact) mass is 345 g/mol. The number of likely N-dealkylation sites (N-methyl/N-ethyl adjacent to an activating group) is 1. The minimum atomic E-state index is -0.628. The standard InChI is InChI=1S/C17H20FN5O2/c1-19-16(24)15-11-22(14-5-3-13(18)4-6-14)7-8-23(15)17(25)12-9-20-21(2)10-12/h3-6,9-10,15H,7-8,11H2,1-2H3,(H,19,24). The quantitative estimate of drug-likeness (QED) is 0.886. The maximum atomic E-state index is 13.1. The number of nitrogens with zero attached hydrogens (tertiary/aromatic N) is 4. The molecule has 1 aliphatic heterocycles. The summed E-state index contributed by atoms with van der Waals surface area (Å²) in [5.74, 6) is -0.762. The van der Waals surface area contributed by atoms with E-state index < -0.39 is 6.04 Å². The van der Waals surface area contributed by atoms with Crippen LogP contribution in [0.1, 0.15) is 10.4 Å². The van der Waals surface area contributed by atoms with Crippen molar-refractivity contribution in [1.29, 1.82) is 0 Å². The van der Waals surface area contributed by atoms with Crippen molar-refractivity contribution < 1.29 is 14.0 Å². The number of amides is 2. The molecule has 25 heavy (non-hydrogen) atoms. The zero-order chi connectivity index (χ0) is 18.0. The van der Waals surface area contributed by atoms with Gasteiger partial charge in [0.05, 0.1) is 11.8 Å². The van der Waals surface area contributed by atoms with Gasteiger partial charge in [0.2, 0.25) is 5.91 Å². The van der Waals surface area contributed by atoms with Crippen molar-refractivity contribution in [3.8, 4) is 0 Å². The number of hydrogen-bond acceptors (Lipinski definition) is 4. The Kier molecular flexibility index (Phi) is 4.69. The van der Waals surface area contributed by atoms with Gasteiger partial charge in [0.15, 0.2) is 0 Å². The number of rotatable bonds is 3. The van der Waals surface area contributed by atoms with Crippen molar-refractivity contribution >= 4 is 17.5 Å². The van der Waals surface area contributed by atoms with Crippen LogP contribution >= 0.6 is 0 Å². The lowest BCUT2D eigenvalue weighted by Gasteiger charge is -2.41. The molecule has 7 nitrogen and oxygen atoms in total. The highest BCUT2D eigenvalue weighted by molar-refractivity contribution is 5.97. The number of carbonyl (C=O) groups excluding carboxylic acids is 2. The Morgan fingerprint density at radius 3 is 2.56 bits per heavy atom. The van der Waals surface area contributed by atoms with Gasteiger partial charge in [0.25, 0.3) is 5.91 Å². The minimum Gasteiger partial charge on any atom is -0.367 e. The first-order valence-corrected chi connectivity index (χ1v) is 8.01. The van der Waals surface area contributed by atoms with Crippen LogP contribution in [0.2, 0.25) is 0 Å². The molecular formula is C17H20FN5O2. The second-order valence-electron chi connectivity index (χ2n) is 5.95. The summed E-state index contributed by atoms with van der Waals surface area (Å²) in [5.41, 5.74) is 1.27. The van der Waals surface area contributed by atoms with Crippen LogP contribution in [0, 0.1) is 5.82 Å². The summed E-state index contributed by atoms with van der Waals surface area (Å²) >= 11 is 0. The Balaban J connectivity index is 1.82. The van der Waals surface area contributed by atoms with Crippen LogP contribution in [-0.4, -0.2) is 59.2 Å². The van der Waals surface area contributed by atoms with Crippen molar-refractivity contribution in [2.45, 2.75) is 6.04 Å². The van der Waals surface area contributed by atoms with E-state index in [-0.39, 0.29) is 17.6 Å². The molecule has 1 fully saturated rings. The smallest absolute Gasteiger partial charge is 0.257 e. The molecule has 1 saturated heterocycles. The molecule has 1 atom stereocenters. The maximum Gasteiger partial charge on any atom is 0.257 e. The van der Waals surface area contributed by atoms with E-state index in [9.17, 15) is 14.0 Å². The van der Waals surface area contributed by atoms with Gasteiger partial charge < -0.3 is 15.1 Å². The van der Waals surface area contributed by atoms with Crippen molar-refractivity contribution in [2.75, 3.05) is 31.6 Å². The summed E-state index contributed by atoms with van der Waals surface area (Å²) in [5, 5.41) is 6.63. The SMILES string of the molecule is CNC(=O)C1CN(c2ccc(F)cc2)CCN1C(=O)c1cnn(C)c1. The summed E-state index contributed by atoms with van der Waals surface area (Å²) in [7, 11) is 3.28. The molecule has 1 aromatic carbocycles. The van der Waals surface area contributed by atoms with E-state index in [2.05, 4.69) is 10.4 Å². The molecule has 2 amide bonds. The van der Waals surface area contributed by atoms with Crippen molar-refractivity contribution in [3.63, 3.8) is 0 Å². The number of hydrogen-bond donors (Lipinski definition) is 1. The Labute approximate surface area is 145 Å². The summed E-state index contributed by atoms with van der Waals surface area (Å²) in [6.07, 6.45) is 3.13. The van der Waals surface area contributed by atoms with Crippen LogP contribution in [-0.2, 0) is 11.8 Å². The molecule has 132 valence electrons. The average molecular weight is 345 g/mol. The number of nitrogens with one attached hydrogen (secondary N) is 1. The minimum absolute atomic E-state index is 0.222. The van der Waals surface area contributed by atoms with Gasteiger partial charge in [0, 0.05) is 45.6 Å². The fourth-order valence-electron chi connectivity index (χ4n) is 3.00. The lowest BCUT2D eigenvalue weighted by Crippen LogP contribution is -2.60. The first-order valence-electron chi connectivity index (χ1n) is 8.01. The van der Waals surface area contributed by atoms with E-state index in [1.165, 1.54) is 18.3 Å². The largest absolute Gasteiger partial charge is 0.367 e. The number of aromatic nitrogens is 2. The highest BCUT2D eigenvalue weighted by atomic mass is 19.1. The molecule has 8 heteroatoms. The summed E-state index contributed by atoms with van der Waals surface area (Å²) in [6, 6.07) is 5.50. The molecule has 0 aliphatic carbocycles. The van der Waals surface area contributed by atoms with Gasteiger partial charge in [-0.3, -0.25) is 14.3 Å². The number of anilines is 1. The molecular weight excluding hydrogens is 325 g/mol. The second-order valence-corrected chi connectivity index (χ2v) is 5.95. The van der Waals surface area contributed by atoms with Crippen LogP contribution in [0.5, 0.6) is 0 Å². The highest BCUT2D eigenvalue weighted by Crippen LogP contribution is 2.21. The fourth-order valence-corrected chi connectivity index (χ4v) is 3.00. The normalized spacial score (nSPS) is 17.5. The van der Waals surface area contributed by atoms with Crippen molar-refractivity contribution in [1.82, 2.24) is 20.0 Å². The van der Waals surface area contributed by atoms with E-state index in [0.29, 0.717) is 25.2 Å². The number of piperazine rings is 1. The number of halogens is 1. The van der Waals surface area contributed by atoms with E-state index >= 15 is 0 Å². The third-order valence-corrected chi connectivity index (χ3v) is 4.33. The van der Waals surface area contributed by atoms with Gasteiger partial charge in [-0.25, -0.2) is 4.39 Å². The zero-order valence-corrected chi connectivity index (χ0v) is 14.1. The molecule has 3 rings (SSSR count). The molecule has 1 aromatic heterocycles. The number of benzene rings is 1. The Morgan fingerprint density at radius 1 is 1.24 bits per heavy atom. The van der Waals surface area contributed by atoms with E-state index in [0.717, 1.165) is 5.69 Å². The molecule has 0 radical (unpaired) electrons. The van der Waals surface area contributed by atoms with Gasteiger partial charge in [-0.2, -0.15) is 5.10 Å². The van der Waals surface area contributed by atoms with E-state index in [1.807, 2.05) is 4.90 Å². The molecule has 0 saturated carbocycles. The van der Waals surface area contributed by atoms with Crippen LogP contribution in [0.25, 0.3) is 0 Å². The molecule has 2 heterocycles. The summed E-state index contributed by atoms with van der Waals surface area (Å²) < 4.78 is 14.7. The molecule has 0 bridgehead atoms. The van der Waals surface area contributed by atoms with Crippen LogP contribution in [0.15, 0.2) is 36.7 Å². The molecule has 1 N–H and O–H groups in total. The van der Waals surface area contributed by atoms with Gasteiger partial charge in [-0.05, 0) is 24.3 Å². The van der Waals surface area contributed by atoms with Crippen LogP contribution in [0.4, 0.5) is 10.1 Å². The number of aryl methyl sites for hydroxylation is 1. The number of carbonyl (C=O) groups is 2. The predicted octanol–water partition coefficient (Wildman–Crippen LogP) is 0.636. The predicted molar refractivity (Wildman–Crippen MR) is 90.7 cm³/mol. The van der Waals surface area contributed by atoms with Crippen LogP contribution in [0.3, 0.4) is 0 Å². The molecule has 1 aliphatic rings. The molecule has 1 unspecified atom stereocenters. The first-order chi connectivity index (χ1) is 12.0. The van der Waals surface area contributed by atoms with Gasteiger partial charge in [-0.15, -0.1) is 0 Å². The lowest BCUT2D eigenvalue weighted by atomic mass is 10.1. The Morgan fingerprint density at radius 2 is 1.96 bits per heavy atom. The Hall–Kier alpha value is -2.90. The van der Waals surface area contributed by atoms with Crippen LogP contribution < -0.4 is 10.2 Å². The third-order valence-electron chi connectivity index (χ3n) is 4.33. The van der Waals surface area contributed by atoms with E-state index in [4.69, 9.17) is 0 Å². The lowest BCUT2D eigenvalue weighted by molar-refractivity contribution is -0.125. The average Bonchev–Trinajstić information content (AvgIpc) is 3.07. The van der Waals surface area contributed by atoms with Gasteiger partial charge in [0.1, 0.15) is 11.9 Å². The summed E-state index contributed by atoms with van der Waals surface area (Å²) in [6.45, 7) is 1.30.